The third-order valence-corrected chi connectivity index (χ3v) is 6.44. The molecule has 1 aromatic heterocycles. The van der Waals surface area contributed by atoms with E-state index in [9.17, 15) is 14.9 Å². The van der Waals surface area contributed by atoms with Crippen LogP contribution in [0.25, 0.3) is 0 Å². The van der Waals surface area contributed by atoms with Gasteiger partial charge in [-0.3, -0.25) is 9.59 Å². The van der Waals surface area contributed by atoms with Crippen molar-refractivity contribution in [2.75, 3.05) is 11.9 Å². The van der Waals surface area contributed by atoms with Crippen LogP contribution in [0.5, 0.6) is 0 Å². The van der Waals surface area contributed by atoms with Gasteiger partial charge in [0.2, 0.25) is 0 Å². The van der Waals surface area contributed by atoms with Crippen LogP contribution in [0.3, 0.4) is 0 Å². The molecule has 2 N–H and O–H groups in total. The molecule has 0 radical (unpaired) electrons. The number of fused-ring (bicyclic) bond motifs is 1. The topological polar surface area (TPSA) is 91.2 Å². The largest absolute Gasteiger partial charge is 0.455 e. The average molecular weight is 375 g/mol. The molecule has 6 nitrogen and oxygen atoms in total. The van der Waals surface area contributed by atoms with Crippen molar-refractivity contribution in [3.05, 3.63) is 16.0 Å². The standard InChI is InChI=1S/C19H25N3O3S/c1-10-6-11(10)17(24)25-9-14(23)21-16-13(8-20)12-7-18(2,3)22-19(4,5)15(12)26-16/h10-11,22H,6-7,9H2,1-5H3,(H,21,23)/t10-,11-/m0/s1. The normalized spacial score (nSPS) is 24.9. The van der Waals surface area contributed by atoms with Crippen molar-refractivity contribution in [3.63, 3.8) is 0 Å². The summed E-state index contributed by atoms with van der Waals surface area (Å²) in [5.74, 6) is -0.448. The smallest absolute Gasteiger partial charge is 0.309 e. The maximum absolute atomic E-state index is 12.2. The molecule has 2 heterocycles. The number of thiophene rings is 1. The number of rotatable bonds is 4. The molecule has 1 saturated carbocycles. The first-order chi connectivity index (χ1) is 12.0. The molecule has 7 heteroatoms. The summed E-state index contributed by atoms with van der Waals surface area (Å²) in [7, 11) is 0. The van der Waals surface area contributed by atoms with Crippen molar-refractivity contribution in [3.8, 4) is 6.07 Å². The highest BCUT2D eigenvalue weighted by Crippen LogP contribution is 2.44. The molecule has 140 valence electrons. The van der Waals surface area contributed by atoms with E-state index < -0.39 is 5.91 Å². The molecule has 2 atom stereocenters. The highest BCUT2D eigenvalue weighted by molar-refractivity contribution is 7.17. The van der Waals surface area contributed by atoms with Crippen molar-refractivity contribution >= 4 is 28.2 Å². The monoisotopic (exact) mass is 375 g/mol. The zero-order chi connectivity index (χ0) is 19.3. The molecule has 1 aliphatic heterocycles. The molecule has 0 bridgehead atoms. The minimum atomic E-state index is -0.410. The van der Waals surface area contributed by atoms with Gasteiger partial charge in [-0.2, -0.15) is 5.26 Å². The first kappa shape index (κ1) is 18.9. The molecule has 2 aliphatic rings. The average Bonchev–Trinajstić information content (AvgIpc) is 3.14. The number of amides is 1. The maximum Gasteiger partial charge on any atom is 0.309 e. The predicted molar refractivity (Wildman–Crippen MR) is 99.8 cm³/mol. The Labute approximate surface area is 157 Å². The van der Waals surface area contributed by atoms with Gasteiger partial charge in [-0.15, -0.1) is 11.3 Å². The van der Waals surface area contributed by atoms with Gasteiger partial charge in [0.05, 0.1) is 11.5 Å². The quantitative estimate of drug-likeness (QED) is 0.790. The molecule has 1 aliphatic carbocycles. The number of nitrogens with zero attached hydrogens (tertiary/aromatic N) is 1. The van der Waals surface area contributed by atoms with Crippen molar-refractivity contribution in [1.29, 1.82) is 5.26 Å². The van der Waals surface area contributed by atoms with E-state index in [1.54, 1.807) is 0 Å². The lowest BCUT2D eigenvalue weighted by Crippen LogP contribution is -2.54. The number of anilines is 1. The van der Waals surface area contributed by atoms with E-state index in [-0.39, 0.29) is 29.6 Å². The Hall–Kier alpha value is -1.91. The van der Waals surface area contributed by atoms with Gasteiger partial charge in [-0.25, -0.2) is 0 Å². The van der Waals surface area contributed by atoms with E-state index in [2.05, 4.69) is 44.4 Å². The van der Waals surface area contributed by atoms with Gasteiger partial charge >= 0.3 is 5.97 Å². The second-order valence-electron chi connectivity index (χ2n) is 8.51. The van der Waals surface area contributed by atoms with E-state index in [0.717, 1.165) is 23.3 Å². The third-order valence-electron chi connectivity index (χ3n) is 4.97. The van der Waals surface area contributed by atoms with Crippen LogP contribution in [0.2, 0.25) is 0 Å². The number of carbonyl (C=O) groups is 2. The molecule has 26 heavy (non-hydrogen) atoms. The minimum Gasteiger partial charge on any atom is -0.455 e. The number of hydrogen-bond acceptors (Lipinski definition) is 6. The number of hydrogen-bond donors (Lipinski definition) is 2. The second kappa shape index (κ2) is 6.36. The summed E-state index contributed by atoms with van der Waals surface area (Å²) in [6.07, 6.45) is 1.55. The molecule has 1 aromatic rings. The predicted octanol–water partition coefficient (Wildman–Crippen LogP) is 2.92. The molecule has 1 amide bonds. The van der Waals surface area contributed by atoms with Crippen molar-refractivity contribution in [1.82, 2.24) is 5.32 Å². The maximum atomic E-state index is 12.2. The minimum absolute atomic E-state index is 0.0689. The molecule has 0 unspecified atom stereocenters. The Balaban J connectivity index is 1.75. The number of esters is 1. The Morgan fingerprint density at radius 2 is 2.04 bits per heavy atom. The fraction of sp³-hybridized carbons (Fsp3) is 0.632. The fourth-order valence-corrected chi connectivity index (χ4v) is 5.03. The van der Waals surface area contributed by atoms with Crippen LogP contribution in [-0.2, 0) is 26.3 Å². The van der Waals surface area contributed by atoms with Crippen LogP contribution >= 0.6 is 11.3 Å². The van der Waals surface area contributed by atoms with Crippen LogP contribution in [0, 0.1) is 23.2 Å². The van der Waals surface area contributed by atoms with E-state index in [1.807, 2.05) is 6.92 Å². The van der Waals surface area contributed by atoms with E-state index in [0.29, 0.717) is 16.5 Å². The fourth-order valence-electron chi connectivity index (χ4n) is 3.79. The summed E-state index contributed by atoms with van der Waals surface area (Å²) >= 11 is 1.42. The van der Waals surface area contributed by atoms with Gasteiger partial charge < -0.3 is 15.4 Å². The van der Waals surface area contributed by atoms with Gasteiger partial charge in [-0.1, -0.05) is 6.92 Å². The Kier molecular flexibility index (Phi) is 4.62. The third kappa shape index (κ3) is 3.62. The van der Waals surface area contributed by atoms with Gasteiger partial charge in [0, 0.05) is 16.0 Å². The Bertz CT molecular complexity index is 804. The number of nitrogens with one attached hydrogen (secondary N) is 2. The van der Waals surface area contributed by atoms with Crippen molar-refractivity contribution in [2.24, 2.45) is 11.8 Å². The Morgan fingerprint density at radius 3 is 2.62 bits per heavy atom. The highest BCUT2D eigenvalue weighted by Gasteiger charge is 2.41. The summed E-state index contributed by atoms with van der Waals surface area (Å²) < 4.78 is 5.08. The van der Waals surface area contributed by atoms with Gasteiger partial charge in [0.1, 0.15) is 11.1 Å². The first-order valence-corrected chi connectivity index (χ1v) is 9.68. The number of carbonyl (C=O) groups excluding carboxylic acids is 2. The molecule has 3 rings (SSSR count). The van der Waals surface area contributed by atoms with Crippen LogP contribution in [0.4, 0.5) is 5.00 Å². The van der Waals surface area contributed by atoms with Gasteiger partial charge in [-0.05, 0) is 52.0 Å². The summed E-state index contributed by atoms with van der Waals surface area (Å²) in [6, 6.07) is 2.24. The lowest BCUT2D eigenvalue weighted by atomic mass is 9.81. The molecular formula is C19H25N3O3S. The first-order valence-electron chi connectivity index (χ1n) is 8.86. The molecule has 0 aromatic carbocycles. The SMILES string of the molecule is C[C@H]1C[C@@H]1C(=O)OCC(=O)Nc1sc2c(c1C#N)CC(C)(C)NC2(C)C. The molecule has 1 fully saturated rings. The summed E-state index contributed by atoms with van der Waals surface area (Å²) in [5.41, 5.74) is 1.08. The number of ether oxygens (including phenoxy) is 1. The second-order valence-corrected chi connectivity index (χ2v) is 9.53. The molecule has 0 spiro atoms. The zero-order valence-electron chi connectivity index (χ0n) is 15.9. The van der Waals surface area contributed by atoms with Crippen LogP contribution in [0.15, 0.2) is 0 Å². The molecular weight excluding hydrogens is 350 g/mol. The van der Waals surface area contributed by atoms with E-state index >= 15 is 0 Å². The highest BCUT2D eigenvalue weighted by atomic mass is 32.1. The molecule has 0 saturated heterocycles. The Morgan fingerprint density at radius 1 is 1.38 bits per heavy atom. The zero-order valence-corrected chi connectivity index (χ0v) is 16.7. The van der Waals surface area contributed by atoms with E-state index in [1.165, 1.54) is 11.3 Å². The van der Waals surface area contributed by atoms with Crippen molar-refractivity contribution in [2.45, 2.75) is 58.5 Å². The summed E-state index contributed by atoms with van der Waals surface area (Å²) in [4.78, 5) is 25.0. The van der Waals surface area contributed by atoms with Crippen molar-refractivity contribution < 1.29 is 14.3 Å². The van der Waals surface area contributed by atoms with Crippen LogP contribution < -0.4 is 10.6 Å². The lowest BCUT2D eigenvalue weighted by Gasteiger charge is -2.42. The lowest BCUT2D eigenvalue weighted by molar-refractivity contribution is -0.148. The van der Waals surface area contributed by atoms with Crippen LogP contribution in [-0.4, -0.2) is 24.0 Å². The van der Waals surface area contributed by atoms with Gasteiger partial charge in [0.15, 0.2) is 6.61 Å². The van der Waals surface area contributed by atoms with Gasteiger partial charge in [0.25, 0.3) is 5.91 Å². The van der Waals surface area contributed by atoms with E-state index in [4.69, 9.17) is 4.74 Å². The number of nitriles is 1. The summed E-state index contributed by atoms with van der Waals surface area (Å²) in [6.45, 7) is 10.0. The van der Waals surface area contributed by atoms with Crippen LogP contribution in [0.1, 0.15) is 57.0 Å². The summed E-state index contributed by atoms with van der Waals surface area (Å²) in [5, 5.41) is 16.5.